The van der Waals surface area contributed by atoms with E-state index in [1.165, 1.54) is 34.8 Å². The molecule has 0 aliphatic rings. The van der Waals surface area contributed by atoms with Crippen molar-refractivity contribution >= 4 is 34.7 Å². The molecule has 0 N–H and O–H groups in total. The molecule has 2 heterocycles. The Hall–Kier alpha value is -1.60. The van der Waals surface area contributed by atoms with Crippen molar-refractivity contribution in [2.24, 2.45) is 0 Å². The van der Waals surface area contributed by atoms with Crippen LogP contribution in [0.25, 0.3) is 6.08 Å². The summed E-state index contributed by atoms with van der Waals surface area (Å²) in [4.78, 5) is 13.6. The first kappa shape index (κ1) is 15.8. The van der Waals surface area contributed by atoms with Gasteiger partial charge < -0.3 is 4.90 Å². The number of hydrogen-bond acceptors (Lipinski definition) is 3. The first-order valence-corrected chi connectivity index (χ1v) is 7.84. The summed E-state index contributed by atoms with van der Waals surface area (Å²) in [6.07, 6.45) is -1.70. The molecule has 2 nitrogen and oxygen atoms in total. The van der Waals surface area contributed by atoms with Crippen LogP contribution in [0.5, 0.6) is 0 Å². The minimum Gasteiger partial charge on any atom is -0.326 e. The van der Waals surface area contributed by atoms with Crippen molar-refractivity contribution in [1.29, 1.82) is 0 Å². The Morgan fingerprint density at radius 2 is 2.10 bits per heavy atom. The van der Waals surface area contributed by atoms with Gasteiger partial charge in [-0.15, -0.1) is 11.3 Å². The normalized spacial score (nSPS) is 12.0. The van der Waals surface area contributed by atoms with Crippen molar-refractivity contribution in [3.63, 3.8) is 0 Å². The van der Waals surface area contributed by atoms with E-state index >= 15 is 0 Å². The van der Waals surface area contributed by atoms with Crippen molar-refractivity contribution < 1.29 is 18.0 Å². The van der Waals surface area contributed by atoms with Gasteiger partial charge in [0.25, 0.3) is 0 Å². The number of halogens is 3. The molecule has 112 valence electrons. The molecule has 0 aliphatic heterocycles. The monoisotopic (exact) mass is 331 g/mol. The van der Waals surface area contributed by atoms with E-state index in [4.69, 9.17) is 0 Å². The van der Waals surface area contributed by atoms with E-state index in [2.05, 4.69) is 0 Å². The van der Waals surface area contributed by atoms with Crippen LogP contribution in [0.15, 0.2) is 40.4 Å². The Morgan fingerprint density at radius 1 is 1.29 bits per heavy atom. The van der Waals surface area contributed by atoms with Crippen LogP contribution in [0, 0.1) is 0 Å². The van der Waals surface area contributed by atoms with Crippen molar-refractivity contribution in [2.45, 2.75) is 12.7 Å². The first-order valence-electron chi connectivity index (χ1n) is 6.02. The number of carbonyl (C=O) groups is 1. The van der Waals surface area contributed by atoms with Gasteiger partial charge in [0.2, 0.25) is 5.91 Å². The average Bonchev–Trinajstić information content (AvgIpc) is 3.06. The summed E-state index contributed by atoms with van der Waals surface area (Å²) in [6.45, 7) is -1.30. The fourth-order valence-electron chi connectivity index (χ4n) is 1.68. The second-order valence-corrected chi connectivity index (χ2v) is 6.05. The molecule has 1 amide bonds. The number of rotatable bonds is 5. The summed E-state index contributed by atoms with van der Waals surface area (Å²) in [6, 6.07) is 5.32. The molecule has 0 atom stereocenters. The van der Waals surface area contributed by atoms with Gasteiger partial charge in [-0.2, -0.15) is 24.5 Å². The lowest BCUT2D eigenvalue weighted by Gasteiger charge is -2.22. The van der Waals surface area contributed by atoms with Gasteiger partial charge in [0, 0.05) is 17.5 Å². The highest BCUT2D eigenvalue weighted by molar-refractivity contribution is 7.10. The van der Waals surface area contributed by atoms with Crippen LogP contribution in [0.3, 0.4) is 0 Å². The van der Waals surface area contributed by atoms with Crippen LogP contribution < -0.4 is 0 Å². The molecule has 7 heteroatoms. The fourth-order valence-corrected chi connectivity index (χ4v) is 2.95. The van der Waals surface area contributed by atoms with Crippen LogP contribution >= 0.6 is 22.7 Å². The zero-order valence-electron chi connectivity index (χ0n) is 10.8. The van der Waals surface area contributed by atoms with Crippen LogP contribution in [-0.2, 0) is 11.3 Å². The van der Waals surface area contributed by atoms with Crippen LogP contribution in [0.4, 0.5) is 13.2 Å². The number of carbonyl (C=O) groups excluding carboxylic acids is 1. The maximum atomic E-state index is 12.6. The minimum absolute atomic E-state index is 0.0450. The lowest BCUT2D eigenvalue weighted by Crippen LogP contribution is -2.37. The summed E-state index contributed by atoms with van der Waals surface area (Å²) >= 11 is 2.80. The lowest BCUT2D eigenvalue weighted by molar-refractivity contribution is -0.159. The number of alkyl halides is 3. The molecule has 0 fully saturated rings. The molecule has 0 spiro atoms. The molecule has 0 aliphatic carbocycles. The van der Waals surface area contributed by atoms with E-state index in [1.807, 2.05) is 11.4 Å². The van der Waals surface area contributed by atoms with E-state index < -0.39 is 18.6 Å². The van der Waals surface area contributed by atoms with Crippen molar-refractivity contribution in [3.8, 4) is 0 Å². The van der Waals surface area contributed by atoms with Crippen LogP contribution in [0.2, 0.25) is 0 Å². The van der Waals surface area contributed by atoms with Gasteiger partial charge in [-0.25, -0.2) is 0 Å². The molecule has 0 radical (unpaired) electrons. The van der Waals surface area contributed by atoms with E-state index in [0.717, 1.165) is 9.78 Å². The second kappa shape index (κ2) is 6.91. The summed E-state index contributed by atoms with van der Waals surface area (Å²) in [5, 5.41) is 5.34. The molecule has 0 saturated carbocycles. The Labute approximate surface area is 128 Å². The highest BCUT2D eigenvalue weighted by atomic mass is 32.1. The van der Waals surface area contributed by atoms with Gasteiger partial charge in [0.15, 0.2) is 0 Å². The van der Waals surface area contributed by atoms with Gasteiger partial charge in [0.05, 0.1) is 0 Å². The molecular weight excluding hydrogens is 319 g/mol. The third-order valence-corrected chi connectivity index (χ3v) is 4.14. The zero-order chi connectivity index (χ0) is 15.3. The average molecular weight is 331 g/mol. The Bertz CT molecular complexity index is 588. The fraction of sp³-hybridized carbons (Fsp3) is 0.214. The Morgan fingerprint density at radius 3 is 2.67 bits per heavy atom. The second-order valence-electron chi connectivity index (χ2n) is 4.29. The predicted molar refractivity (Wildman–Crippen MR) is 79.1 cm³/mol. The van der Waals surface area contributed by atoms with Gasteiger partial charge in [-0.3, -0.25) is 4.79 Å². The van der Waals surface area contributed by atoms with Crippen LogP contribution in [-0.4, -0.2) is 23.5 Å². The molecule has 0 aromatic carbocycles. The Kier molecular flexibility index (Phi) is 5.19. The van der Waals surface area contributed by atoms with Crippen molar-refractivity contribution in [2.75, 3.05) is 6.54 Å². The largest absolute Gasteiger partial charge is 0.406 e. The number of thiophene rings is 2. The highest BCUT2D eigenvalue weighted by Gasteiger charge is 2.32. The SMILES string of the molecule is O=C(/C=C/c1cccs1)N(Cc1ccsc1)CC(F)(F)F. The molecule has 0 bridgehead atoms. The number of hydrogen-bond donors (Lipinski definition) is 0. The summed E-state index contributed by atoms with van der Waals surface area (Å²) in [7, 11) is 0. The summed E-state index contributed by atoms with van der Waals surface area (Å²) < 4.78 is 37.8. The number of amides is 1. The molecular formula is C14H12F3NOS2. The third-order valence-electron chi connectivity index (χ3n) is 2.57. The van der Waals surface area contributed by atoms with Gasteiger partial charge in [0.1, 0.15) is 6.54 Å². The topological polar surface area (TPSA) is 20.3 Å². The third kappa shape index (κ3) is 5.35. The van der Waals surface area contributed by atoms with E-state index in [1.54, 1.807) is 22.9 Å². The van der Waals surface area contributed by atoms with Gasteiger partial charge in [-0.1, -0.05) is 6.07 Å². The predicted octanol–water partition coefficient (Wildman–Crippen LogP) is 4.41. The summed E-state index contributed by atoms with van der Waals surface area (Å²) in [5.41, 5.74) is 0.696. The quantitative estimate of drug-likeness (QED) is 0.743. The van der Waals surface area contributed by atoms with E-state index in [9.17, 15) is 18.0 Å². The van der Waals surface area contributed by atoms with E-state index in [-0.39, 0.29) is 6.54 Å². The number of nitrogens with zero attached hydrogens (tertiary/aromatic N) is 1. The molecule has 2 aromatic heterocycles. The minimum atomic E-state index is -4.41. The van der Waals surface area contributed by atoms with Crippen LogP contribution in [0.1, 0.15) is 10.4 Å². The molecule has 2 aromatic rings. The zero-order valence-corrected chi connectivity index (χ0v) is 12.5. The smallest absolute Gasteiger partial charge is 0.326 e. The van der Waals surface area contributed by atoms with Crippen molar-refractivity contribution in [1.82, 2.24) is 4.90 Å². The standard InChI is InChI=1S/C14H12F3NOS2/c15-14(16,17)10-18(8-11-5-7-20-9-11)13(19)4-3-12-2-1-6-21-12/h1-7,9H,8,10H2/b4-3+. The highest BCUT2D eigenvalue weighted by Crippen LogP contribution is 2.20. The maximum Gasteiger partial charge on any atom is 0.406 e. The van der Waals surface area contributed by atoms with Gasteiger partial charge >= 0.3 is 6.18 Å². The molecule has 0 saturated heterocycles. The Balaban J connectivity index is 2.08. The maximum absolute atomic E-state index is 12.6. The van der Waals surface area contributed by atoms with Crippen molar-refractivity contribution in [3.05, 3.63) is 50.9 Å². The first-order chi connectivity index (χ1) is 9.94. The summed E-state index contributed by atoms with van der Waals surface area (Å²) in [5.74, 6) is -0.646. The van der Waals surface area contributed by atoms with Gasteiger partial charge in [-0.05, 0) is 39.9 Å². The molecule has 2 rings (SSSR count). The molecule has 0 unspecified atom stereocenters. The molecule has 21 heavy (non-hydrogen) atoms. The van der Waals surface area contributed by atoms with E-state index in [0.29, 0.717) is 5.56 Å². The lowest BCUT2D eigenvalue weighted by atomic mass is 10.3.